The standard InChI is InChI=1S/C34H43N5O9.H2O/c1-32(2,3)47-30(40)39(31(41)48-33(4,5)6)29-22-13-15-38(28(22)36-19-37-29)27-17-25(46-34(7,8)42)26(45-27)18-44-20-10-11-21-23(16-20)35-14-12-24(21)43-9;/h10-16,19,25-27,42H,17-18H2,1-9H3;1H2/t25-,26+,27+;/m0./s1. The van der Waals surface area contributed by atoms with Crippen molar-refractivity contribution < 1.29 is 48.6 Å². The first-order valence-corrected chi connectivity index (χ1v) is 15.6. The summed E-state index contributed by atoms with van der Waals surface area (Å²) in [6, 6.07) is 8.99. The van der Waals surface area contributed by atoms with Crippen LogP contribution >= 0.6 is 0 Å². The van der Waals surface area contributed by atoms with E-state index in [9.17, 15) is 14.7 Å². The number of amides is 2. The molecule has 1 aromatic carbocycles. The third-order valence-corrected chi connectivity index (χ3v) is 7.09. The fourth-order valence-corrected chi connectivity index (χ4v) is 5.29. The summed E-state index contributed by atoms with van der Waals surface area (Å²) in [5, 5.41) is 11.8. The van der Waals surface area contributed by atoms with Crippen molar-refractivity contribution in [1.29, 1.82) is 0 Å². The average Bonchev–Trinajstić information content (AvgIpc) is 3.57. The molecule has 1 aliphatic rings. The minimum atomic E-state index is -1.44. The number of ether oxygens (including phenoxy) is 6. The first-order valence-electron chi connectivity index (χ1n) is 15.6. The molecule has 0 spiro atoms. The van der Waals surface area contributed by atoms with Gasteiger partial charge in [0.25, 0.3) is 0 Å². The summed E-state index contributed by atoms with van der Waals surface area (Å²) < 4.78 is 36.9. The molecule has 15 heteroatoms. The molecular formula is C34H45N5O10. The van der Waals surface area contributed by atoms with Gasteiger partial charge in [0.05, 0.1) is 24.1 Å². The molecule has 4 aromatic rings. The Hall–Kier alpha value is -4.57. The number of rotatable bonds is 8. The second-order valence-corrected chi connectivity index (χ2v) is 13.9. The zero-order valence-corrected chi connectivity index (χ0v) is 29.2. The van der Waals surface area contributed by atoms with Crippen LogP contribution in [0.3, 0.4) is 0 Å². The van der Waals surface area contributed by atoms with Crippen molar-refractivity contribution in [2.45, 2.75) is 97.2 Å². The van der Waals surface area contributed by atoms with E-state index in [-0.39, 0.29) is 17.9 Å². The number of carbonyl (C=O) groups is 2. The average molecular weight is 684 g/mol. The zero-order valence-electron chi connectivity index (χ0n) is 29.2. The van der Waals surface area contributed by atoms with E-state index in [4.69, 9.17) is 28.4 Å². The molecule has 0 radical (unpaired) electrons. The Morgan fingerprint density at radius 3 is 2.24 bits per heavy atom. The highest BCUT2D eigenvalue weighted by Crippen LogP contribution is 2.37. The monoisotopic (exact) mass is 683 g/mol. The number of hydrogen-bond donors (Lipinski definition) is 1. The molecule has 4 heterocycles. The minimum absolute atomic E-state index is 0. The predicted octanol–water partition coefficient (Wildman–Crippen LogP) is 5.32. The molecule has 2 amide bonds. The number of hydrogen-bond acceptors (Lipinski definition) is 12. The van der Waals surface area contributed by atoms with Gasteiger partial charge in [0, 0.05) is 30.3 Å². The molecule has 15 nitrogen and oxygen atoms in total. The summed E-state index contributed by atoms with van der Waals surface area (Å²) in [6.45, 7) is 13.4. The largest absolute Gasteiger partial charge is 0.496 e. The summed E-state index contributed by atoms with van der Waals surface area (Å²) >= 11 is 0. The number of pyridine rings is 1. The third-order valence-electron chi connectivity index (χ3n) is 7.09. The summed E-state index contributed by atoms with van der Waals surface area (Å²) in [6.07, 6.45) is 1.33. The maximum Gasteiger partial charge on any atom is 0.425 e. The number of aliphatic hydroxyl groups is 1. The second kappa shape index (κ2) is 14.1. The topological polar surface area (TPSA) is 188 Å². The van der Waals surface area contributed by atoms with Crippen LogP contribution in [-0.2, 0) is 18.9 Å². The van der Waals surface area contributed by atoms with Crippen molar-refractivity contribution in [3.8, 4) is 11.5 Å². The van der Waals surface area contributed by atoms with Gasteiger partial charge in [-0.25, -0.2) is 19.6 Å². The Bertz CT molecular complexity index is 1760. The number of anilines is 1. The van der Waals surface area contributed by atoms with Crippen molar-refractivity contribution >= 4 is 39.9 Å². The van der Waals surface area contributed by atoms with Gasteiger partial charge in [-0.3, -0.25) is 4.98 Å². The summed E-state index contributed by atoms with van der Waals surface area (Å²) in [7, 11) is 1.61. The van der Waals surface area contributed by atoms with Crippen LogP contribution in [0.15, 0.2) is 49.1 Å². The number of imide groups is 1. The molecule has 266 valence electrons. The Morgan fingerprint density at radius 1 is 0.959 bits per heavy atom. The second-order valence-electron chi connectivity index (χ2n) is 13.9. The van der Waals surface area contributed by atoms with Gasteiger partial charge in [-0.05, 0) is 79.7 Å². The highest BCUT2D eigenvalue weighted by atomic mass is 16.7. The van der Waals surface area contributed by atoms with Crippen molar-refractivity contribution in [1.82, 2.24) is 19.5 Å². The minimum Gasteiger partial charge on any atom is -0.496 e. The highest BCUT2D eigenvalue weighted by molar-refractivity contribution is 6.13. The molecule has 3 atom stereocenters. The van der Waals surface area contributed by atoms with Gasteiger partial charge < -0.3 is 43.6 Å². The van der Waals surface area contributed by atoms with Crippen molar-refractivity contribution in [3.63, 3.8) is 0 Å². The van der Waals surface area contributed by atoms with E-state index in [0.29, 0.717) is 34.5 Å². The van der Waals surface area contributed by atoms with Crippen LogP contribution in [0.1, 0.15) is 68.0 Å². The van der Waals surface area contributed by atoms with Crippen LogP contribution in [0, 0.1) is 0 Å². The highest BCUT2D eigenvalue weighted by Gasteiger charge is 2.41. The number of fused-ring (bicyclic) bond motifs is 2. The molecule has 1 fully saturated rings. The number of carbonyl (C=O) groups excluding carboxylic acids is 2. The van der Waals surface area contributed by atoms with Gasteiger partial charge in [0.15, 0.2) is 11.6 Å². The molecule has 1 aliphatic heterocycles. The molecule has 3 N–H and O–H groups in total. The SMILES string of the molecule is COc1ccnc2cc(OC[C@H]3O[C@@H](n4ccc5c(N(C(=O)OC(C)(C)C)C(=O)OC(C)(C)C)ncnc54)C[C@@H]3OC(C)(C)O)ccc12.O. The van der Waals surface area contributed by atoms with Crippen molar-refractivity contribution in [3.05, 3.63) is 49.1 Å². The molecule has 0 aliphatic carbocycles. The van der Waals surface area contributed by atoms with E-state index < -0.39 is 47.6 Å². The van der Waals surface area contributed by atoms with E-state index in [1.807, 2.05) is 18.2 Å². The number of benzene rings is 1. The third kappa shape index (κ3) is 8.92. The van der Waals surface area contributed by atoms with Crippen molar-refractivity contribution in [2.75, 3.05) is 18.6 Å². The quantitative estimate of drug-likeness (QED) is 0.236. The lowest BCUT2D eigenvalue weighted by molar-refractivity contribution is -0.216. The molecular weight excluding hydrogens is 638 g/mol. The van der Waals surface area contributed by atoms with Gasteiger partial charge in [0.2, 0.25) is 0 Å². The van der Waals surface area contributed by atoms with Gasteiger partial charge in [-0.15, -0.1) is 0 Å². The molecule has 0 bridgehead atoms. The van der Waals surface area contributed by atoms with Gasteiger partial charge in [0.1, 0.15) is 53.6 Å². The molecule has 5 rings (SSSR count). The van der Waals surface area contributed by atoms with E-state index >= 15 is 0 Å². The summed E-state index contributed by atoms with van der Waals surface area (Å²) in [4.78, 5) is 40.6. The van der Waals surface area contributed by atoms with Crippen LogP contribution in [0.5, 0.6) is 11.5 Å². The summed E-state index contributed by atoms with van der Waals surface area (Å²) in [5.74, 6) is -0.171. The predicted molar refractivity (Wildman–Crippen MR) is 180 cm³/mol. The van der Waals surface area contributed by atoms with Crippen LogP contribution in [0.2, 0.25) is 0 Å². The Morgan fingerprint density at radius 2 is 1.63 bits per heavy atom. The molecule has 3 aromatic heterocycles. The van der Waals surface area contributed by atoms with E-state index in [2.05, 4.69) is 15.0 Å². The normalized spacial score (nSPS) is 18.2. The Balaban J connectivity index is 0.00000541. The van der Waals surface area contributed by atoms with Gasteiger partial charge in [-0.1, -0.05) is 0 Å². The Kier molecular flexibility index (Phi) is 10.7. The molecule has 1 saturated heterocycles. The van der Waals surface area contributed by atoms with Crippen molar-refractivity contribution in [2.24, 2.45) is 0 Å². The molecule has 0 saturated carbocycles. The first kappa shape index (κ1) is 37.3. The zero-order chi connectivity index (χ0) is 35.0. The smallest absolute Gasteiger partial charge is 0.425 e. The van der Waals surface area contributed by atoms with Crippen LogP contribution in [0.25, 0.3) is 21.9 Å². The van der Waals surface area contributed by atoms with Crippen LogP contribution in [0.4, 0.5) is 15.4 Å². The lowest BCUT2D eigenvalue weighted by atomic mass is 10.1. The Labute approximate surface area is 284 Å². The van der Waals surface area contributed by atoms with Gasteiger partial charge in [-0.2, -0.15) is 4.90 Å². The maximum absolute atomic E-state index is 13.4. The maximum atomic E-state index is 13.4. The first-order chi connectivity index (χ1) is 22.4. The number of aromatic nitrogens is 4. The lowest BCUT2D eigenvalue weighted by Gasteiger charge is -2.28. The molecule has 49 heavy (non-hydrogen) atoms. The van der Waals surface area contributed by atoms with E-state index in [1.54, 1.807) is 91.6 Å². The number of nitrogens with zero attached hydrogens (tertiary/aromatic N) is 5. The van der Waals surface area contributed by atoms with Crippen LogP contribution < -0.4 is 14.4 Å². The fraction of sp³-hybridized carbons (Fsp3) is 0.500. The van der Waals surface area contributed by atoms with E-state index in [0.717, 1.165) is 10.3 Å². The molecule has 0 unspecified atom stereocenters. The van der Waals surface area contributed by atoms with E-state index in [1.165, 1.54) is 6.33 Å². The van der Waals surface area contributed by atoms with Crippen LogP contribution in [-0.4, -0.2) is 85.2 Å². The van der Waals surface area contributed by atoms with Gasteiger partial charge >= 0.3 is 12.2 Å². The number of methoxy groups -OCH3 is 1. The summed E-state index contributed by atoms with van der Waals surface area (Å²) in [5.41, 5.74) is -0.686. The lowest BCUT2D eigenvalue weighted by Crippen LogP contribution is -2.44. The fourth-order valence-electron chi connectivity index (χ4n) is 5.29.